The van der Waals surface area contributed by atoms with Crippen LogP contribution in [-0.2, 0) is 25.6 Å². The number of nitrogens with zero attached hydrogens (tertiary/aromatic N) is 2. The molecule has 2 aromatic carbocycles. The predicted octanol–water partition coefficient (Wildman–Crippen LogP) is 5.35. The first-order valence-corrected chi connectivity index (χ1v) is 15.7. The second-order valence-corrected chi connectivity index (χ2v) is 14.0. The van der Waals surface area contributed by atoms with Gasteiger partial charge in [-0.1, -0.05) is 17.7 Å². The number of pyridine rings is 1. The minimum absolute atomic E-state index is 0.0121. The number of amides is 1. The number of rotatable bonds is 8. The molecule has 1 unspecified atom stereocenters. The van der Waals surface area contributed by atoms with E-state index >= 15 is 4.39 Å². The quantitative estimate of drug-likeness (QED) is 0.348. The molecule has 1 atom stereocenters. The van der Waals surface area contributed by atoms with Gasteiger partial charge in [-0.05, 0) is 89.1 Å². The fourth-order valence-electron chi connectivity index (χ4n) is 5.58. The first-order chi connectivity index (χ1) is 19.7. The maximum atomic E-state index is 15.9. The molecule has 9 nitrogen and oxygen atoms in total. The van der Waals surface area contributed by atoms with Gasteiger partial charge in [0, 0.05) is 37.1 Å². The van der Waals surface area contributed by atoms with Gasteiger partial charge in [0.1, 0.15) is 11.4 Å². The zero-order valence-corrected chi connectivity index (χ0v) is 25.5. The molecule has 2 fully saturated rings. The minimum Gasteiger partial charge on any atom is -0.444 e. The zero-order chi connectivity index (χ0) is 30.4. The molecule has 0 bridgehead atoms. The van der Waals surface area contributed by atoms with Gasteiger partial charge < -0.3 is 19.5 Å². The highest BCUT2D eigenvalue weighted by Gasteiger charge is 2.32. The molecule has 1 aromatic heterocycles. The molecule has 11 heteroatoms. The smallest absolute Gasteiger partial charge is 0.407 e. The Labute approximate surface area is 245 Å². The van der Waals surface area contributed by atoms with E-state index in [0.29, 0.717) is 47.4 Å². The number of hydrogen-bond acceptors (Lipinski definition) is 7. The van der Waals surface area contributed by atoms with Crippen LogP contribution < -0.4 is 15.8 Å². The Balaban J connectivity index is 1.43. The second kappa shape index (κ2) is 11.3. The van der Waals surface area contributed by atoms with Crippen LogP contribution >= 0.6 is 0 Å². The third kappa shape index (κ3) is 6.47. The van der Waals surface area contributed by atoms with Gasteiger partial charge in [0.2, 0.25) is 0 Å². The van der Waals surface area contributed by atoms with Crippen LogP contribution in [0.3, 0.4) is 0 Å². The molecule has 1 N–H and O–H groups in total. The van der Waals surface area contributed by atoms with Crippen molar-refractivity contribution in [1.29, 1.82) is 0 Å². The lowest BCUT2D eigenvalue weighted by Gasteiger charge is -2.25. The average molecular weight is 600 g/mol. The van der Waals surface area contributed by atoms with Crippen LogP contribution in [0.5, 0.6) is 0 Å². The Morgan fingerprint density at radius 2 is 1.79 bits per heavy atom. The lowest BCUT2D eigenvalue weighted by Crippen LogP contribution is -2.36. The number of benzene rings is 2. The van der Waals surface area contributed by atoms with E-state index in [4.69, 9.17) is 8.92 Å². The third-order valence-corrected chi connectivity index (χ3v) is 8.99. The van der Waals surface area contributed by atoms with Crippen molar-refractivity contribution in [3.05, 3.63) is 69.3 Å². The summed E-state index contributed by atoms with van der Waals surface area (Å²) in [6, 6.07) is 9.07. The van der Waals surface area contributed by atoms with Crippen LogP contribution in [0.15, 0.2) is 46.1 Å². The first kappa shape index (κ1) is 30.0. The van der Waals surface area contributed by atoms with Crippen molar-refractivity contribution in [3.8, 4) is 0 Å². The molecule has 0 radical (unpaired) electrons. The Bertz CT molecular complexity index is 1670. The molecule has 1 saturated carbocycles. The molecule has 3 aromatic rings. The van der Waals surface area contributed by atoms with Gasteiger partial charge in [-0.3, -0.25) is 8.98 Å². The Morgan fingerprint density at radius 3 is 2.43 bits per heavy atom. The number of halogens is 1. The minimum atomic E-state index is -4.09. The van der Waals surface area contributed by atoms with Crippen LogP contribution in [0.25, 0.3) is 10.9 Å². The molecule has 5 rings (SSSR count). The number of carbonyl (C=O) groups excluding carboxylic acids is 1. The largest absolute Gasteiger partial charge is 0.444 e. The molecule has 2 heterocycles. The van der Waals surface area contributed by atoms with Crippen LogP contribution in [0, 0.1) is 25.6 Å². The molecular weight excluding hydrogens is 561 g/mol. The maximum Gasteiger partial charge on any atom is 0.407 e. The van der Waals surface area contributed by atoms with Gasteiger partial charge in [-0.2, -0.15) is 8.42 Å². The highest BCUT2D eigenvalue weighted by atomic mass is 32.2. The highest BCUT2D eigenvalue weighted by molar-refractivity contribution is 7.86. The zero-order valence-electron chi connectivity index (χ0n) is 24.7. The summed E-state index contributed by atoms with van der Waals surface area (Å²) in [7, 11) is -4.09. The van der Waals surface area contributed by atoms with Gasteiger partial charge in [-0.25, -0.2) is 9.18 Å². The van der Waals surface area contributed by atoms with Crippen molar-refractivity contribution < 1.29 is 26.5 Å². The van der Waals surface area contributed by atoms with E-state index in [2.05, 4.69) is 5.32 Å². The number of anilines is 1. The van der Waals surface area contributed by atoms with E-state index in [1.165, 1.54) is 24.3 Å². The van der Waals surface area contributed by atoms with Crippen molar-refractivity contribution in [2.75, 3.05) is 24.5 Å². The van der Waals surface area contributed by atoms with Gasteiger partial charge in [0.25, 0.3) is 15.7 Å². The number of hydrogen-bond donors (Lipinski definition) is 1. The van der Waals surface area contributed by atoms with E-state index in [9.17, 15) is 18.0 Å². The van der Waals surface area contributed by atoms with E-state index in [0.717, 1.165) is 24.8 Å². The molecule has 1 amide bonds. The van der Waals surface area contributed by atoms with Crippen LogP contribution in [0.2, 0.25) is 0 Å². The fourth-order valence-corrected chi connectivity index (χ4v) is 6.47. The molecule has 1 aliphatic carbocycles. The van der Waals surface area contributed by atoms with Gasteiger partial charge in [0.05, 0.1) is 22.7 Å². The van der Waals surface area contributed by atoms with Crippen molar-refractivity contribution in [2.24, 2.45) is 5.92 Å². The Morgan fingerprint density at radius 1 is 1.10 bits per heavy atom. The van der Waals surface area contributed by atoms with E-state index < -0.39 is 34.2 Å². The van der Waals surface area contributed by atoms with Crippen molar-refractivity contribution >= 4 is 32.8 Å². The first-order valence-electron chi connectivity index (χ1n) is 14.3. The van der Waals surface area contributed by atoms with Gasteiger partial charge in [-0.15, -0.1) is 0 Å². The standard InChI is InChI=1S/C31H38FN3O6S/c1-19-6-10-24(11-7-19)42(38,39)40-18-22-14-27(36)35(23-8-9-23)28-20(2)29(26(32)15-25(22)28)34-13-12-21(17-34)16-33-30(37)41-31(3,4)5/h6-7,10-11,14-15,21,23H,8-9,12-13,16-18H2,1-5H3,(H,33,37). The number of aromatic nitrogens is 1. The summed E-state index contributed by atoms with van der Waals surface area (Å²) >= 11 is 0. The Kier molecular flexibility index (Phi) is 8.10. The SMILES string of the molecule is Cc1ccc(S(=O)(=O)OCc2cc(=O)n(C3CC3)c3c(C)c(N4CCC(CNC(=O)OC(C)(C)C)C4)c(F)cc23)cc1. The fraction of sp³-hybridized carbons (Fsp3) is 0.484. The van der Waals surface area contributed by atoms with Crippen LogP contribution in [0.4, 0.5) is 14.9 Å². The van der Waals surface area contributed by atoms with E-state index in [1.807, 2.05) is 11.8 Å². The lowest BCUT2D eigenvalue weighted by molar-refractivity contribution is 0.0520. The summed E-state index contributed by atoms with van der Waals surface area (Å²) in [6.45, 7) is 10.2. The number of ether oxygens (including phenoxy) is 1. The maximum absolute atomic E-state index is 15.9. The number of alkyl carbamates (subject to hydrolysis) is 1. The van der Waals surface area contributed by atoms with Crippen molar-refractivity contribution in [1.82, 2.24) is 9.88 Å². The lowest BCUT2D eigenvalue weighted by atomic mass is 10.0. The Hall–Kier alpha value is -3.44. The molecule has 2 aliphatic rings. The third-order valence-electron chi connectivity index (χ3n) is 7.71. The van der Waals surface area contributed by atoms with E-state index in [1.54, 1.807) is 44.4 Å². The monoisotopic (exact) mass is 599 g/mol. The molecule has 1 saturated heterocycles. The second-order valence-electron chi connectivity index (χ2n) is 12.4. The summed E-state index contributed by atoms with van der Waals surface area (Å²) < 4.78 is 54.0. The van der Waals surface area contributed by atoms with Crippen LogP contribution in [0.1, 0.15) is 62.8 Å². The average Bonchev–Trinajstić information content (AvgIpc) is 3.63. The predicted molar refractivity (Wildman–Crippen MR) is 159 cm³/mol. The number of nitrogens with one attached hydrogen (secondary N) is 1. The summed E-state index contributed by atoms with van der Waals surface area (Å²) in [5, 5.41) is 3.27. The van der Waals surface area contributed by atoms with Gasteiger partial charge in [0.15, 0.2) is 0 Å². The van der Waals surface area contributed by atoms with Crippen molar-refractivity contribution in [3.63, 3.8) is 0 Å². The highest BCUT2D eigenvalue weighted by Crippen LogP contribution is 2.41. The summed E-state index contributed by atoms with van der Waals surface area (Å²) in [5.74, 6) is -0.353. The molecule has 42 heavy (non-hydrogen) atoms. The summed E-state index contributed by atoms with van der Waals surface area (Å²) in [5.41, 5.74) is 2.01. The molecular formula is C31H38FN3O6S. The number of fused-ring (bicyclic) bond motifs is 1. The topological polar surface area (TPSA) is 107 Å². The van der Waals surface area contributed by atoms with Crippen LogP contribution in [-0.4, -0.2) is 44.3 Å². The van der Waals surface area contributed by atoms with Gasteiger partial charge >= 0.3 is 6.09 Å². The number of aryl methyl sites for hydroxylation is 2. The molecule has 0 spiro atoms. The van der Waals surface area contributed by atoms with E-state index in [-0.39, 0.29) is 22.4 Å². The molecule has 1 aliphatic heterocycles. The normalized spacial score (nSPS) is 17.6. The number of carbonyl (C=O) groups is 1. The summed E-state index contributed by atoms with van der Waals surface area (Å²) in [4.78, 5) is 27.4. The van der Waals surface area contributed by atoms with Crippen molar-refractivity contribution in [2.45, 2.75) is 77.0 Å². The molecule has 226 valence electrons. The summed E-state index contributed by atoms with van der Waals surface area (Å²) in [6.07, 6.45) is 1.97.